The molecule has 0 aliphatic rings. The maximum absolute atomic E-state index is 8.80. The van der Waals surface area contributed by atoms with Crippen LogP contribution in [0.5, 0.6) is 11.5 Å². The SMILES string of the molecule is CC(C)Cc1noc(COc2ccccc2OCCO)n1. The van der Waals surface area contributed by atoms with Crippen molar-refractivity contribution in [1.29, 1.82) is 0 Å². The monoisotopic (exact) mass is 292 g/mol. The third kappa shape index (κ3) is 4.75. The largest absolute Gasteiger partial charge is 0.487 e. The molecule has 0 fully saturated rings. The van der Waals surface area contributed by atoms with Gasteiger partial charge in [0.25, 0.3) is 5.89 Å². The van der Waals surface area contributed by atoms with Gasteiger partial charge >= 0.3 is 0 Å². The first-order valence-corrected chi connectivity index (χ1v) is 6.96. The van der Waals surface area contributed by atoms with E-state index in [1.807, 2.05) is 12.1 Å². The quantitative estimate of drug-likeness (QED) is 0.804. The fourth-order valence-corrected chi connectivity index (χ4v) is 1.78. The van der Waals surface area contributed by atoms with Crippen LogP contribution in [0.4, 0.5) is 0 Å². The van der Waals surface area contributed by atoms with Crippen molar-refractivity contribution in [3.63, 3.8) is 0 Å². The third-order valence-electron chi connectivity index (χ3n) is 2.65. The highest BCUT2D eigenvalue weighted by atomic mass is 16.5. The number of hydrogen-bond donors (Lipinski definition) is 1. The number of para-hydroxylation sites is 2. The molecule has 2 rings (SSSR count). The van der Waals surface area contributed by atoms with Crippen LogP contribution in [-0.4, -0.2) is 28.5 Å². The van der Waals surface area contributed by atoms with Crippen molar-refractivity contribution in [1.82, 2.24) is 10.1 Å². The van der Waals surface area contributed by atoms with Crippen molar-refractivity contribution in [3.8, 4) is 11.5 Å². The molecule has 0 spiro atoms. The van der Waals surface area contributed by atoms with Crippen molar-refractivity contribution < 1.29 is 19.1 Å². The molecule has 0 aliphatic carbocycles. The van der Waals surface area contributed by atoms with Crippen LogP contribution >= 0.6 is 0 Å². The molecule has 0 saturated carbocycles. The van der Waals surface area contributed by atoms with Crippen molar-refractivity contribution in [2.24, 2.45) is 5.92 Å². The lowest BCUT2D eigenvalue weighted by Crippen LogP contribution is -2.04. The van der Waals surface area contributed by atoms with Gasteiger partial charge in [-0.15, -0.1) is 0 Å². The van der Waals surface area contributed by atoms with E-state index in [1.54, 1.807) is 12.1 Å². The maximum atomic E-state index is 8.80. The van der Waals surface area contributed by atoms with E-state index in [-0.39, 0.29) is 19.8 Å². The van der Waals surface area contributed by atoms with E-state index in [4.69, 9.17) is 19.1 Å². The molecule has 6 nitrogen and oxygen atoms in total. The lowest BCUT2D eigenvalue weighted by Gasteiger charge is -2.10. The van der Waals surface area contributed by atoms with Crippen LogP contribution in [0.3, 0.4) is 0 Å². The van der Waals surface area contributed by atoms with E-state index in [0.717, 1.165) is 6.42 Å². The van der Waals surface area contributed by atoms with Crippen molar-refractivity contribution >= 4 is 0 Å². The molecule has 0 unspecified atom stereocenters. The van der Waals surface area contributed by atoms with E-state index in [1.165, 1.54) is 0 Å². The zero-order valence-corrected chi connectivity index (χ0v) is 12.3. The molecule has 0 aliphatic heterocycles. The zero-order chi connectivity index (χ0) is 15.1. The predicted octanol–water partition coefficient (Wildman–Crippen LogP) is 2.22. The number of hydrogen-bond acceptors (Lipinski definition) is 6. The summed E-state index contributed by atoms with van der Waals surface area (Å²) in [5, 5.41) is 12.7. The minimum Gasteiger partial charge on any atom is -0.487 e. The summed E-state index contributed by atoms with van der Waals surface area (Å²) in [6.07, 6.45) is 0.777. The zero-order valence-electron chi connectivity index (χ0n) is 12.3. The van der Waals surface area contributed by atoms with Crippen molar-refractivity contribution in [3.05, 3.63) is 36.0 Å². The summed E-state index contributed by atoms with van der Waals surface area (Å²) in [7, 11) is 0. The summed E-state index contributed by atoms with van der Waals surface area (Å²) >= 11 is 0. The second-order valence-corrected chi connectivity index (χ2v) is 5.01. The van der Waals surface area contributed by atoms with Gasteiger partial charge in [-0.2, -0.15) is 4.98 Å². The molecule has 2 aromatic rings. The molecule has 0 saturated heterocycles. The summed E-state index contributed by atoms with van der Waals surface area (Å²) < 4.78 is 16.2. The molecule has 0 amide bonds. The van der Waals surface area contributed by atoms with Gasteiger partial charge in [0.2, 0.25) is 0 Å². The maximum Gasteiger partial charge on any atom is 0.264 e. The number of nitrogens with zero attached hydrogens (tertiary/aromatic N) is 2. The average Bonchev–Trinajstić information content (AvgIpc) is 2.90. The smallest absolute Gasteiger partial charge is 0.264 e. The minimum absolute atomic E-state index is 0.0451. The van der Waals surface area contributed by atoms with Gasteiger partial charge in [0.05, 0.1) is 6.61 Å². The average molecular weight is 292 g/mol. The van der Waals surface area contributed by atoms with Crippen LogP contribution in [0.25, 0.3) is 0 Å². The highest BCUT2D eigenvalue weighted by Crippen LogP contribution is 2.27. The molecule has 0 radical (unpaired) electrons. The van der Waals surface area contributed by atoms with Crippen molar-refractivity contribution in [2.45, 2.75) is 26.9 Å². The lowest BCUT2D eigenvalue weighted by atomic mass is 10.1. The molecule has 1 heterocycles. The van der Waals surface area contributed by atoms with E-state index in [0.29, 0.717) is 29.1 Å². The number of aromatic nitrogens is 2. The molecule has 1 N–H and O–H groups in total. The normalized spacial score (nSPS) is 10.9. The summed E-state index contributed by atoms with van der Waals surface area (Å²) in [6.45, 7) is 4.56. The Morgan fingerprint density at radius 2 is 1.90 bits per heavy atom. The Labute approximate surface area is 123 Å². The lowest BCUT2D eigenvalue weighted by molar-refractivity contribution is 0.187. The van der Waals surface area contributed by atoms with Gasteiger partial charge in [0.1, 0.15) is 6.61 Å². The van der Waals surface area contributed by atoms with Crippen LogP contribution in [0.2, 0.25) is 0 Å². The number of benzene rings is 1. The fraction of sp³-hybridized carbons (Fsp3) is 0.467. The minimum atomic E-state index is -0.0451. The van der Waals surface area contributed by atoms with Crippen LogP contribution in [0, 0.1) is 5.92 Å². The molecule has 0 bridgehead atoms. The van der Waals surface area contributed by atoms with Crippen LogP contribution < -0.4 is 9.47 Å². The first kappa shape index (κ1) is 15.3. The Morgan fingerprint density at radius 3 is 2.57 bits per heavy atom. The molecule has 0 atom stereocenters. The summed E-state index contributed by atoms with van der Waals surface area (Å²) in [5.41, 5.74) is 0. The second kappa shape index (κ2) is 7.64. The predicted molar refractivity (Wildman–Crippen MR) is 76.2 cm³/mol. The number of aliphatic hydroxyl groups is 1. The Hall–Kier alpha value is -2.08. The first-order valence-electron chi connectivity index (χ1n) is 6.96. The fourth-order valence-electron chi connectivity index (χ4n) is 1.78. The molecule has 1 aromatic heterocycles. The van der Waals surface area contributed by atoms with Gasteiger partial charge in [-0.05, 0) is 18.1 Å². The van der Waals surface area contributed by atoms with E-state index < -0.39 is 0 Å². The Morgan fingerprint density at radius 1 is 1.19 bits per heavy atom. The summed E-state index contributed by atoms with van der Waals surface area (Å²) in [6, 6.07) is 7.26. The van der Waals surface area contributed by atoms with Gasteiger partial charge in [-0.3, -0.25) is 0 Å². The number of aliphatic hydroxyl groups excluding tert-OH is 1. The van der Waals surface area contributed by atoms with E-state index >= 15 is 0 Å². The Bertz CT molecular complexity index is 554. The molecular formula is C15H20N2O4. The van der Waals surface area contributed by atoms with Crippen molar-refractivity contribution in [2.75, 3.05) is 13.2 Å². The molecule has 21 heavy (non-hydrogen) atoms. The molecule has 1 aromatic carbocycles. The third-order valence-corrected chi connectivity index (χ3v) is 2.65. The van der Waals surface area contributed by atoms with Crippen LogP contribution in [0.15, 0.2) is 28.8 Å². The highest BCUT2D eigenvalue weighted by molar-refractivity contribution is 5.39. The Balaban J connectivity index is 1.94. The second-order valence-electron chi connectivity index (χ2n) is 5.01. The molecule has 114 valence electrons. The van der Waals surface area contributed by atoms with Crippen LogP contribution in [-0.2, 0) is 13.0 Å². The standard InChI is InChI=1S/C15H20N2O4/c1-11(2)9-14-16-15(21-17-14)10-20-13-6-4-3-5-12(13)19-8-7-18/h3-6,11,18H,7-10H2,1-2H3. The molecular weight excluding hydrogens is 272 g/mol. The van der Waals surface area contributed by atoms with Gasteiger partial charge in [0.15, 0.2) is 23.9 Å². The van der Waals surface area contributed by atoms with Gasteiger partial charge < -0.3 is 19.1 Å². The van der Waals surface area contributed by atoms with E-state index in [2.05, 4.69) is 24.0 Å². The Kier molecular flexibility index (Phi) is 5.57. The number of ether oxygens (including phenoxy) is 2. The van der Waals surface area contributed by atoms with Gasteiger partial charge in [0, 0.05) is 6.42 Å². The van der Waals surface area contributed by atoms with Gasteiger partial charge in [-0.1, -0.05) is 31.1 Å². The summed E-state index contributed by atoms with van der Waals surface area (Å²) in [4.78, 5) is 4.27. The van der Waals surface area contributed by atoms with Crippen LogP contribution in [0.1, 0.15) is 25.6 Å². The summed E-state index contributed by atoms with van der Waals surface area (Å²) in [5.74, 6) is 2.75. The van der Waals surface area contributed by atoms with E-state index in [9.17, 15) is 0 Å². The number of rotatable bonds is 8. The van der Waals surface area contributed by atoms with Gasteiger partial charge in [-0.25, -0.2) is 0 Å². The molecule has 6 heteroatoms. The first-order chi connectivity index (χ1) is 10.2. The highest BCUT2D eigenvalue weighted by Gasteiger charge is 2.10. The topological polar surface area (TPSA) is 77.6 Å².